The van der Waals surface area contributed by atoms with Crippen molar-refractivity contribution < 1.29 is 22.7 Å². The van der Waals surface area contributed by atoms with E-state index in [-0.39, 0.29) is 18.4 Å². The van der Waals surface area contributed by atoms with Gasteiger partial charge in [-0.25, -0.2) is 4.98 Å². The number of hydrogen-bond acceptors (Lipinski definition) is 3. The normalized spacial score (nSPS) is 12.4. The first-order chi connectivity index (χ1) is 13.9. The molecule has 3 rings (SSSR count). The number of amides is 1. The van der Waals surface area contributed by atoms with Crippen molar-refractivity contribution in [2.75, 3.05) is 6.61 Å². The lowest BCUT2D eigenvalue weighted by Crippen LogP contribution is -2.33. The van der Waals surface area contributed by atoms with E-state index < -0.39 is 17.6 Å². The second-order valence-electron chi connectivity index (χ2n) is 6.39. The molecular formula is C21H20F3N3O2. The number of carbonyl (C=O) groups excluding carboxylic acids is 1. The number of alkyl halides is 3. The zero-order chi connectivity index (χ0) is 20.9. The number of carbonyl (C=O) groups is 1. The molecule has 152 valence electrons. The highest BCUT2D eigenvalue weighted by Gasteiger charge is 2.30. The predicted octanol–water partition coefficient (Wildman–Crippen LogP) is 4.74. The Balaban J connectivity index is 1.57. The second-order valence-corrected chi connectivity index (χ2v) is 6.39. The summed E-state index contributed by atoms with van der Waals surface area (Å²) in [6.07, 6.45) is -2.10. The Kier molecular flexibility index (Phi) is 6.21. The first-order valence-corrected chi connectivity index (χ1v) is 9.06. The molecule has 0 saturated carbocycles. The molecule has 5 nitrogen and oxygen atoms in total. The van der Waals surface area contributed by atoms with Gasteiger partial charge in [0.1, 0.15) is 11.6 Å². The molecule has 0 spiro atoms. The van der Waals surface area contributed by atoms with Gasteiger partial charge in [0, 0.05) is 0 Å². The number of nitrogens with one attached hydrogen (secondary N) is 2. The number of hydrogen-bond donors (Lipinski definition) is 2. The fourth-order valence-corrected chi connectivity index (χ4v) is 2.77. The van der Waals surface area contributed by atoms with Crippen molar-refractivity contribution in [1.29, 1.82) is 0 Å². The number of nitrogens with zero attached hydrogens (tertiary/aromatic N) is 1. The highest BCUT2D eigenvalue weighted by Crippen LogP contribution is 2.30. The van der Waals surface area contributed by atoms with Gasteiger partial charge in [-0.2, -0.15) is 13.2 Å². The topological polar surface area (TPSA) is 67.0 Å². The summed E-state index contributed by atoms with van der Waals surface area (Å²) < 4.78 is 43.0. The summed E-state index contributed by atoms with van der Waals surface area (Å²) in [6.45, 7) is 1.60. The van der Waals surface area contributed by atoms with Crippen molar-refractivity contribution in [3.05, 3.63) is 72.2 Å². The predicted molar refractivity (Wildman–Crippen MR) is 102 cm³/mol. The maximum atomic E-state index is 12.6. The Morgan fingerprint density at radius 3 is 2.45 bits per heavy atom. The number of imidazole rings is 1. The molecule has 0 aliphatic heterocycles. The van der Waals surface area contributed by atoms with Gasteiger partial charge in [-0.05, 0) is 36.2 Å². The van der Waals surface area contributed by atoms with E-state index in [1.807, 2.05) is 37.3 Å². The van der Waals surface area contributed by atoms with Crippen LogP contribution in [0.2, 0.25) is 0 Å². The van der Waals surface area contributed by atoms with Gasteiger partial charge in [0.25, 0.3) is 5.91 Å². The van der Waals surface area contributed by atoms with Crippen molar-refractivity contribution in [2.24, 2.45) is 0 Å². The fourth-order valence-electron chi connectivity index (χ4n) is 2.77. The third-order valence-corrected chi connectivity index (χ3v) is 4.31. The molecule has 0 bridgehead atoms. The maximum absolute atomic E-state index is 12.6. The molecule has 0 fully saturated rings. The van der Waals surface area contributed by atoms with Crippen LogP contribution in [0.3, 0.4) is 0 Å². The lowest BCUT2D eigenvalue weighted by molar-refractivity contribution is -0.137. The zero-order valence-electron chi connectivity index (χ0n) is 15.7. The van der Waals surface area contributed by atoms with Crippen molar-refractivity contribution in [1.82, 2.24) is 15.3 Å². The van der Waals surface area contributed by atoms with Crippen LogP contribution in [0, 0.1) is 0 Å². The third-order valence-electron chi connectivity index (χ3n) is 4.31. The third kappa shape index (κ3) is 5.37. The van der Waals surface area contributed by atoms with E-state index in [1.54, 1.807) is 6.20 Å². The van der Waals surface area contributed by atoms with Gasteiger partial charge in [0.15, 0.2) is 6.61 Å². The van der Waals surface area contributed by atoms with Crippen molar-refractivity contribution in [3.8, 4) is 17.0 Å². The van der Waals surface area contributed by atoms with Crippen LogP contribution in [0.25, 0.3) is 11.3 Å². The summed E-state index contributed by atoms with van der Waals surface area (Å²) in [5.41, 5.74) is 1.06. The van der Waals surface area contributed by atoms with Crippen LogP contribution < -0.4 is 10.1 Å². The van der Waals surface area contributed by atoms with Crippen LogP contribution in [0.4, 0.5) is 13.2 Å². The number of benzene rings is 2. The number of halogens is 3. The number of aromatic amines is 1. The number of ether oxygens (including phenoxy) is 1. The molecule has 29 heavy (non-hydrogen) atoms. The Morgan fingerprint density at radius 2 is 1.83 bits per heavy atom. The fraction of sp³-hybridized carbons (Fsp3) is 0.238. The first kappa shape index (κ1) is 20.4. The molecule has 0 saturated heterocycles. The summed E-state index contributed by atoms with van der Waals surface area (Å²) in [5.74, 6) is 0.411. The van der Waals surface area contributed by atoms with Gasteiger partial charge in [0.05, 0.1) is 23.5 Å². The lowest BCUT2D eigenvalue weighted by atomic mass is 10.2. The Hall–Kier alpha value is -3.29. The summed E-state index contributed by atoms with van der Waals surface area (Å²) in [5, 5.41) is 2.82. The molecule has 2 N–H and O–H groups in total. The van der Waals surface area contributed by atoms with E-state index in [0.29, 0.717) is 12.2 Å². The molecule has 0 radical (unpaired) electrons. The van der Waals surface area contributed by atoms with E-state index in [2.05, 4.69) is 15.3 Å². The van der Waals surface area contributed by atoms with Crippen LogP contribution in [-0.2, 0) is 11.0 Å². The number of H-pyrrole nitrogens is 1. The second kappa shape index (κ2) is 8.81. The van der Waals surface area contributed by atoms with Crippen LogP contribution in [0.5, 0.6) is 5.75 Å². The standard InChI is InChI=1S/C21H20F3N3O2/c1-2-17(20-25-12-18(27-20)14-6-4-3-5-7-14)26-19(28)13-29-16-10-8-15(9-11-16)21(22,23)24/h3-12,17H,2,13H2,1H3,(H,25,27)(H,26,28). The largest absolute Gasteiger partial charge is 0.484 e. The summed E-state index contributed by atoms with van der Waals surface area (Å²) in [7, 11) is 0. The minimum absolute atomic E-state index is 0.186. The molecule has 0 aliphatic carbocycles. The monoisotopic (exact) mass is 403 g/mol. The first-order valence-electron chi connectivity index (χ1n) is 9.06. The molecule has 3 aromatic rings. The lowest BCUT2D eigenvalue weighted by Gasteiger charge is -2.15. The molecule has 0 aliphatic rings. The Morgan fingerprint density at radius 1 is 1.14 bits per heavy atom. The van der Waals surface area contributed by atoms with E-state index in [0.717, 1.165) is 23.4 Å². The molecule has 1 unspecified atom stereocenters. The van der Waals surface area contributed by atoms with Crippen molar-refractivity contribution in [3.63, 3.8) is 0 Å². The highest BCUT2D eigenvalue weighted by molar-refractivity contribution is 5.78. The van der Waals surface area contributed by atoms with E-state index >= 15 is 0 Å². The molecule has 1 heterocycles. The number of rotatable bonds is 7. The van der Waals surface area contributed by atoms with Crippen molar-refractivity contribution >= 4 is 5.91 Å². The summed E-state index contributed by atoms with van der Waals surface area (Å²) >= 11 is 0. The Labute approximate surface area is 165 Å². The van der Waals surface area contributed by atoms with Gasteiger partial charge in [0.2, 0.25) is 0 Å². The van der Waals surface area contributed by atoms with Gasteiger partial charge in [-0.1, -0.05) is 37.3 Å². The SMILES string of the molecule is CCC(NC(=O)COc1ccc(C(F)(F)F)cc1)c1ncc(-c2ccccc2)[nH]1. The minimum atomic E-state index is -4.41. The molecule has 1 amide bonds. The molecule has 1 atom stereocenters. The van der Waals surface area contributed by atoms with E-state index in [1.165, 1.54) is 12.1 Å². The van der Waals surface area contributed by atoms with Crippen LogP contribution >= 0.6 is 0 Å². The van der Waals surface area contributed by atoms with Crippen LogP contribution in [0.15, 0.2) is 60.8 Å². The van der Waals surface area contributed by atoms with Gasteiger partial charge in [-0.3, -0.25) is 4.79 Å². The Bertz CT molecular complexity index is 938. The zero-order valence-corrected chi connectivity index (χ0v) is 15.7. The molecule has 2 aromatic carbocycles. The number of aromatic nitrogens is 2. The molecular weight excluding hydrogens is 383 g/mol. The maximum Gasteiger partial charge on any atom is 0.416 e. The van der Waals surface area contributed by atoms with E-state index in [9.17, 15) is 18.0 Å². The smallest absolute Gasteiger partial charge is 0.416 e. The van der Waals surface area contributed by atoms with Gasteiger partial charge >= 0.3 is 6.18 Å². The summed E-state index contributed by atoms with van der Waals surface area (Å²) in [6, 6.07) is 13.5. The minimum Gasteiger partial charge on any atom is -0.484 e. The van der Waals surface area contributed by atoms with Crippen LogP contribution in [-0.4, -0.2) is 22.5 Å². The quantitative estimate of drug-likeness (QED) is 0.599. The molecule has 1 aromatic heterocycles. The van der Waals surface area contributed by atoms with Gasteiger partial charge < -0.3 is 15.0 Å². The van der Waals surface area contributed by atoms with E-state index in [4.69, 9.17) is 4.74 Å². The average Bonchev–Trinajstić information content (AvgIpc) is 3.21. The summed E-state index contributed by atoms with van der Waals surface area (Å²) in [4.78, 5) is 19.8. The molecule has 8 heteroatoms. The van der Waals surface area contributed by atoms with Crippen molar-refractivity contribution in [2.45, 2.75) is 25.6 Å². The van der Waals surface area contributed by atoms with Crippen LogP contribution in [0.1, 0.15) is 30.8 Å². The van der Waals surface area contributed by atoms with Gasteiger partial charge in [-0.15, -0.1) is 0 Å². The average molecular weight is 403 g/mol. The highest BCUT2D eigenvalue weighted by atomic mass is 19.4.